The van der Waals surface area contributed by atoms with Gasteiger partial charge in [-0.15, -0.1) is 0 Å². The number of rotatable bonds is 63. The van der Waals surface area contributed by atoms with Crippen molar-refractivity contribution >= 4 is 17.9 Å². The molecule has 0 fully saturated rings. The number of carbonyl (C=O) groups excluding carboxylic acids is 3. The lowest BCUT2D eigenvalue weighted by molar-refractivity contribution is -0.167. The van der Waals surface area contributed by atoms with E-state index in [1.807, 2.05) is 0 Å². The van der Waals surface area contributed by atoms with E-state index in [0.29, 0.717) is 19.3 Å². The van der Waals surface area contributed by atoms with Gasteiger partial charge in [0.2, 0.25) is 0 Å². The van der Waals surface area contributed by atoms with Crippen LogP contribution in [-0.2, 0) is 28.6 Å². The Bertz CT molecular complexity index is 1390. The van der Waals surface area contributed by atoms with Crippen molar-refractivity contribution < 1.29 is 28.6 Å². The van der Waals surface area contributed by atoms with Gasteiger partial charge in [0.25, 0.3) is 0 Å². The second-order valence-electron chi connectivity index (χ2n) is 23.1. The van der Waals surface area contributed by atoms with Crippen molar-refractivity contribution in [3.05, 3.63) is 60.8 Å². The summed E-state index contributed by atoms with van der Waals surface area (Å²) in [7, 11) is 0. The molecule has 0 rings (SSSR count). The van der Waals surface area contributed by atoms with Crippen molar-refractivity contribution in [2.24, 2.45) is 0 Å². The molecule has 0 aliphatic rings. The Kier molecular flexibility index (Phi) is 64.2. The molecule has 0 saturated carbocycles. The summed E-state index contributed by atoms with van der Waals surface area (Å²) in [5.41, 5.74) is 0. The molecule has 6 nitrogen and oxygen atoms in total. The normalized spacial score (nSPS) is 12.4. The first-order valence-electron chi connectivity index (χ1n) is 34.3. The Balaban J connectivity index is 4.28. The standard InChI is InChI=1S/C72H130O6/c1-4-7-10-13-16-19-22-25-27-29-31-33-35-37-38-40-42-44-47-50-53-56-59-62-65-71(74)77-68-69(67-76-70(73)64-61-58-55-52-49-46-24-21-18-15-12-9-6-3)78-72(75)66-63-60-57-54-51-48-45-43-41-39-36-34-32-30-28-26-23-20-17-14-11-8-5-2/h8,11,17,20,26,28,32,34,39,41,69H,4-7,9-10,12-16,18-19,21-25,27,29-31,33,35-38,40,42-68H2,1-3H3/b11-8-,20-17-,28-26-,34-32-,41-39-. The lowest BCUT2D eigenvalue weighted by Crippen LogP contribution is -2.30. The Morgan fingerprint density at radius 3 is 0.782 bits per heavy atom. The zero-order valence-corrected chi connectivity index (χ0v) is 52.2. The molecule has 0 N–H and O–H groups in total. The van der Waals surface area contributed by atoms with E-state index in [-0.39, 0.29) is 31.1 Å². The van der Waals surface area contributed by atoms with Gasteiger partial charge in [0.15, 0.2) is 6.10 Å². The third kappa shape index (κ3) is 63.9. The van der Waals surface area contributed by atoms with Crippen LogP contribution < -0.4 is 0 Å². The average Bonchev–Trinajstić information content (AvgIpc) is 3.44. The highest BCUT2D eigenvalue weighted by Crippen LogP contribution is 2.18. The second kappa shape index (κ2) is 66.6. The largest absolute Gasteiger partial charge is 0.462 e. The van der Waals surface area contributed by atoms with Gasteiger partial charge < -0.3 is 14.2 Å². The van der Waals surface area contributed by atoms with Gasteiger partial charge in [0.05, 0.1) is 0 Å². The van der Waals surface area contributed by atoms with Crippen LogP contribution in [0, 0.1) is 0 Å². The fraction of sp³-hybridized carbons (Fsp3) is 0.819. The smallest absolute Gasteiger partial charge is 0.306 e. The summed E-state index contributed by atoms with van der Waals surface area (Å²) in [6, 6.07) is 0. The van der Waals surface area contributed by atoms with Crippen molar-refractivity contribution in [1.82, 2.24) is 0 Å². The molecule has 0 aromatic heterocycles. The first-order chi connectivity index (χ1) is 38.5. The van der Waals surface area contributed by atoms with E-state index in [1.165, 1.54) is 225 Å². The summed E-state index contributed by atoms with van der Waals surface area (Å²) in [4.78, 5) is 38.4. The fourth-order valence-electron chi connectivity index (χ4n) is 10.2. The van der Waals surface area contributed by atoms with Crippen LogP contribution in [0.25, 0.3) is 0 Å². The third-order valence-corrected chi connectivity index (χ3v) is 15.3. The molecule has 0 bridgehead atoms. The Labute approximate surface area is 485 Å². The number of hydrogen-bond donors (Lipinski definition) is 0. The summed E-state index contributed by atoms with van der Waals surface area (Å²) >= 11 is 0. The number of hydrogen-bond acceptors (Lipinski definition) is 6. The Hall–Kier alpha value is -2.89. The van der Waals surface area contributed by atoms with E-state index in [0.717, 1.165) is 96.3 Å². The van der Waals surface area contributed by atoms with Crippen LogP contribution in [0.1, 0.15) is 361 Å². The summed E-state index contributed by atoms with van der Waals surface area (Å²) in [6.45, 7) is 6.58. The Morgan fingerprint density at radius 2 is 0.500 bits per heavy atom. The maximum absolute atomic E-state index is 12.9. The molecular formula is C72H130O6. The van der Waals surface area contributed by atoms with E-state index >= 15 is 0 Å². The number of allylic oxidation sites excluding steroid dienone is 10. The molecule has 0 aliphatic carbocycles. The Morgan fingerprint density at radius 1 is 0.269 bits per heavy atom. The van der Waals surface area contributed by atoms with E-state index in [9.17, 15) is 14.4 Å². The van der Waals surface area contributed by atoms with E-state index < -0.39 is 6.10 Å². The molecular weight excluding hydrogens is 961 g/mol. The minimum absolute atomic E-state index is 0.0738. The van der Waals surface area contributed by atoms with Crippen LogP contribution in [-0.4, -0.2) is 37.2 Å². The van der Waals surface area contributed by atoms with Crippen molar-refractivity contribution in [1.29, 1.82) is 0 Å². The van der Waals surface area contributed by atoms with Crippen LogP contribution in [0.5, 0.6) is 0 Å². The van der Waals surface area contributed by atoms with E-state index in [1.54, 1.807) is 0 Å². The summed E-state index contributed by atoms with van der Waals surface area (Å²) in [5.74, 6) is -0.861. The average molecular weight is 1090 g/mol. The van der Waals surface area contributed by atoms with Crippen molar-refractivity contribution in [2.75, 3.05) is 13.2 Å². The number of esters is 3. The molecule has 0 spiro atoms. The van der Waals surface area contributed by atoms with Gasteiger partial charge in [0.1, 0.15) is 13.2 Å². The van der Waals surface area contributed by atoms with Crippen molar-refractivity contribution in [3.63, 3.8) is 0 Å². The summed E-state index contributed by atoms with van der Waals surface area (Å²) < 4.78 is 17.0. The quantitative estimate of drug-likeness (QED) is 0.0261. The topological polar surface area (TPSA) is 78.9 Å². The minimum Gasteiger partial charge on any atom is -0.462 e. The van der Waals surface area contributed by atoms with Gasteiger partial charge in [-0.3, -0.25) is 14.4 Å². The number of unbranched alkanes of at least 4 members (excludes halogenated alkanes) is 42. The fourth-order valence-corrected chi connectivity index (χ4v) is 10.2. The van der Waals surface area contributed by atoms with Gasteiger partial charge in [-0.1, -0.05) is 338 Å². The molecule has 1 atom stereocenters. The van der Waals surface area contributed by atoms with Crippen LogP contribution in [0.15, 0.2) is 60.8 Å². The number of carbonyl (C=O) groups is 3. The highest BCUT2D eigenvalue weighted by molar-refractivity contribution is 5.71. The van der Waals surface area contributed by atoms with Gasteiger partial charge in [-0.25, -0.2) is 0 Å². The lowest BCUT2D eigenvalue weighted by Gasteiger charge is -2.18. The van der Waals surface area contributed by atoms with Crippen molar-refractivity contribution in [2.45, 2.75) is 367 Å². The molecule has 0 aliphatic heterocycles. The highest BCUT2D eigenvalue weighted by atomic mass is 16.6. The molecule has 0 saturated heterocycles. The van der Waals surface area contributed by atoms with E-state index in [4.69, 9.17) is 14.2 Å². The van der Waals surface area contributed by atoms with Gasteiger partial charge in [-0.05, 0) is 64.2 Å². The van der Waals surface area contributed by atoms with Crippen LogP contribution in [0.3, 0.4) is 0 Å². The molecule has 0 radical (unpaired) electrons. The summed E-state index contributed by atoms with van der Waals surface area (Å²) in [6.07, 6.45) is 85.3. The van der Waals surface area contributed by atoms with Crippen LogP contribution in [0.2, 0.25) is 0 Å². The second-order valence-corrected chi connectivity index (χ2v) is 23.1. The molecule has 1 unspecified atom stereocenters. The maximum Gasteiger partial charge on any atom is 0.306 e. The van der Waals surface area contributed by atoms with Crippen molar-refractivity contribution in [3.8, 4) is 0 Å². The maximum atomic E-state index is 12.9. The number of ether oxygens (including phenoxy) is 3. The van der Waals surface area contributed by atoms with Crippen LogP contribution in [0.4, 0.5) is 0 Å². The first-order valence-corrected chi connectivity index (χ1v) is 34.3. The molecule has 0 amide bonds. The zero-order valence-electron chi connectivity index (χ0n) is 52.2. The van der Waals surface area contributed by atoms with Crippen LogP contribution >= 0.6 is 0 Å². The van der Waals surface area contributed by atoms with E-state index in [2.05, 4.69) is 81.5 Å². The minimum atomic E-state index is -0.778. The van der Waals surface area contributed by atoms with Gasteiger partial charge in [-0.2, -0.15) is 0 Å². The zero-order chi connectivity index (χ0) is 56.4. The molecule has 78 heavy (non-hydrogen) atoms. The molecule has 0 aromatic rings. The monoisotopic (exact) mass is 1090 g/mol. The summed E-state index contributed by atoms with van der Waals surface area (Å²) in [5, 5.41) is 0. The molecule has 0 aromatic carbocycles. The third-order valence-electron chi connectivity index (χ3n) is 15.3. The lowest BCUT2D eigenvalue weighted by atomic mass is 10.0. The van der Waals surface area contributed by atoms with Gasteiger partial charge in [0, 0.05) is 19.3 Å². The molecule has 6 heteroatoms. The van der Waals surface area contributed by atoms with Gasteiger partial charge >= 0.3 is 17.9 Å². The SMILES string of the molecule is CC/C=C\C/C=C\C/C=C\C/C=C\C/C=C\CCCCCCCCCC(=O)OC(COC(=O)CCCCCCCCCCCCCCC)COC(=O)CCCCCCCCCCCCCCCCCCCCCCCCCC. The molecule has 0 heterocycles. The predicted molar refractivity (Wildman–Crippen MR) is 339 cm³/mol. The predicted octanol–water partition coefficient (Wildman–Crippen LogP) is 23.5. The first kappa shape index (κ1) is 75.1. The molecule has 454 valence electrons. The highest BCUT2D eigenvalue weighted by Gasteiger charge is 2.19.